The van der Waals surface area contributed by atoms with Gasteiger partial charge in [0.05, 0.1) is 14.2 Å². The first-order valence-electron chi connectivity index (χ1n) is 14.4. The van der Waals surface area contributed by atoms with E-state index in [2.05, 4.69) is 16.7 Å². The molecule has 2 aliphatic rings. The summed E-state index contributed by atoms with van der Waals surface area (Å²) >= 11 is 0. The van der Waals surface area contributed by atoms with Gasteiger partial charge in [-0.25, -0.2) is 13.8 Å². The van der Waals surface area contributed by atoms with E-state index in [9.17, 15) is 27.2 Å². The summed E-state index contributed by atoms with van der Waals surface area (Å²) in [4.78, 5) is 32.2. The summed E-state index contributed by atoms with van der Waals surface area (Å²) in [6, 6.07) is 10.6. The van der Waals surface area contributed by atoms with Gasteiger partial charge in [0.25, 0.3) is 0 Å². The van der Waals surface area contributed by atoms with E-state index in [1.165, 1.54) is 31.4 Å². The quantitative estimate of drug-likeness (QED) is 0.328. The molecule has 0 spiro atoms. The molecule has 242 valence electrons. The van der Waals surface area contributed by atoms with Crippen LogP contribution in [0.5, 0.6) is 17.2 Å². The van der Waals surface area contributed by atoms with E-state index < -0.39 is 36.1 Å². The molecule has 0 radical (unpaired) electrons. The van der Waals surface area contributed by atoms with Crippen LogP contribution in [0.2, 0.25) is 0 Å². The first kappa shape index (κ1) is 33.5. The van der Waals surface area contributed by atoms with Crippen LogP contribution < -0.4 is 24.8 Å². The SMILES string of the molecule is COc1cc(C2CCN(C)CC2)nc(N2C(=O)CC(c3c(F)cc(OC)cc3F)C2C)c1.NC(=O)c1ccc(OC(F)F)cc1. The number of carbonyl (C=O) groups is 2. The van der Waals surface area contributed by atoms with Crippen molar-refractivity contribution in [2.75, 3.05) is 39.3 Å². The second kappa shape index (κ2) is 14.6. The van der Waals surface area contributed by atoms with Crippen molar-refractivity contribution in [3.05, 3.63) is 77.0 Å². The molecule has 13 heteroatoms. The minimum Gasteiger partial charge on any atom is -0.497 e. The number of ether oxygens (including phenoxy) is 3. The second-order valence-electron chi connectivity index (χ2n) is 11.0. The Balaban J connectivity index is 0.000000297. The van der Waals surface area contributed by atoms with Crippen molar-refractivity contribution < 1.29 is 41.4 Å². The average Bonchev–Trinajstić information content (AvgIpc) is 3.29. The molecule has 9 nitrogen and oxygen atoms in total. The molecule has 3 aromatic rings. The van der Waals surface area contributed by atoms with Crippen molar-refractivity contribution in [3.63, 3.8) is 0 Å². The van der Waals surface area contributed by atoms with Gasteiger partial charge in [0, 0.05) is 65.4 Å². The van der Waals surface area contributed by atoms with Crippen LogP contribution in [0, 0.1) is 11.6 Å². The molecule has 45 heavy (non-hydrogen) atoms. The number of halogens is 4. The topological polar surface area (TPSA) is 107 Å². The Kier molecular flexibility index (Phi) is 10.9. The average molecular weight is 633 g/mol. The van der Waals surface area contributed by atoms with Crippen LogP contribution in [0.15, 0.2) is 48.5 Å². The van der Waals surface area contributed by atoms with Crippen molar-refractivity contribution >= 4 is 17.6 Å². The number of hydrogen-bond donors (Lipinski definition) is 1. The number of likely N-dealkylation sites (tertiary alicyclic amines) is 1. The van der Waals surface area contributed by atoms with Crippen LogP contribution >= 0.6 is 0 Å². The number of aromatic nitrogens is 1. The number of amides is 2. The molecule has 2 fully saturated rings. The molecule has 2 N–H and O–H groups in total. The van der Waals surface area contributed by atoms with Crippen LogP contribution in [-0.2, 0) is 4.79 Å². The zero-order valence-electron chi connectivity index (χ0n) is 25.4. The third-order valence-electron chi connectivity index (χ3n) is 8.10. The third kappa shape index (κ3) is 8.01. The van der Waals surface area contributed by atoms with Crippen LogP contribution in [-0.4, -0.2) is 68.7 Å². The van der Waals surface area contributed by atoms with E-state index in [0.29, 0.717) is 11.6 Å². The highest BCUT2D eigenvalue weighted by molar-refractivity contribution is 5.96. The number of rotatable bonds is 8. The maximum absolute atomic E-state index is 14.7. The number of anilines is 1. The zero-order chi connectivity index (χ0) is 32.8. The Labute approximate surface area is 258 Å². The smallest absolute Gasteiger partial charge is 0.387 e. The van der Waals surface area contributed by atoms with Crippen molar-refractivity contribution in [1.29, 1.82) is 0 Å². The highest BCUT2D eigenvalue weighted by atomic mass is 19.3. The van der Waals surface area contributed by atoms with E-state index >= 15 is 0 Å². The number of hydrogen-bond acceptors (Lipinski definition) is 7. The molecule has 2 amide bonds. The van der Waals surface area contributed by atoms with Crippen LogP contribution in [0.25, 0.3) is 0 Å². The van der Waals surface area contributed by atoms with Crippen molar-refractivity contribution in [2.24, 2.45) is 5.73 Å². The standard InChI is InChI=1S/C24H29F2N3O3.C8H7F2NO2/c1-14-18(24-19(25)9-16(31-3)10-20(24)26)13-23(30)29(14)22-12-17(32-4)11-21(27-22)15-5-7-28(2)8-6-15;9-8(10)13-6-3-1-5(2-4-6)7(11)12/h9-12,14-15,18H,5-8,13H2,1-4H3;1-4,8H,(H2,11,12). The minimum atomic E-state index is -2.86. The van der Waals surface area contributed by atoms with Gasteiger partial charge in [-0.3, -0.25) is 14.5 Å². The van der Waals surface area contributed by atoms with Gasteiger partial charge >= 0.3 is 6.61 Å². The van der Waals surface area contributed by atoms with Crippen molar-refractivity contribution in [2.45, 2.75) is 50.7 Å². The fraction of sp³-hybridized carbons (Fsp3) is 0.406. The minimum absolute atomic E-state index is 0.000000000000000444. The lowest BCUT2D eigenvalue weighted by Crippen LogP contribution is -2.34. The van der Waals surface area contributed by atoms with E-state index in [1.807, 2.05) is 6.07 Å². The van der Waals surface area contributed by atoms with Gasteiger partial charge in [0.1, 0.15) is 34.7 Å². The van der Waals surface area contributed by atoms with Gasteiger partial charge in [-0.2, -0.15) is 8.78 Å². The number of carbonyl (C=O) groups excluding carboxylic acids is 2. The lowest BCUT2D eigenvalue weighted by atomic mass is 9.91. The zero-order valence-corrected chi connectivity index (χ0v) is 25.4. The van der Waals surface area contributed by atoms with Gasteiger partial charge in [-0.15, -0.1) is 0 Å². The normalized spacial score (nSPS) is 18.9. The Hall–Kier alpha value is -4.39. The molecule has 1 aromatic heterocycles. The fourth-order valence-electron chi connectivity index (χ4n) is 5.64. The monoisotopic (exact) mass is 632 g/mol. The van der Waals surface area contributed by atoms with Gasteiger partial charge in [-0.1, -0.05) is 0 Å². The number of methoxy groups -OCH3 is 2. The lowest BCUT2D eigenvalue weighted by Gasteiger charge is -2.30. The Bertz CT molecular complexity index is 1480. The Morgan fingerprint density at radius 3 is 2.07 bits per heavy atom. The number of nitrogens with two attached hydrogens (primary N) is 1. The summed E-state index contributed by atoms with van der Waals surface area (Å²) in [6.07, 6.45) is 1.96. The molecular weight excluding hydrogens is 596 g/mol. The lowest BCUT2D eigenvalue weighted by molar-refractivity contribution is -0.117. The molecular formula is C32H36F4N4O5. The molecule has 2 aliphatic heterocycles. The molecule has 2 atom stereocenters. The predicted molar refractivity (Wildman–Crippen MR) is 159 cm³/mol. The number of piperidine rings is 1. The molecule has 0 aliphatic carbocycles. The summed E-state index contributed by atoms with van der Waals surface area (Å²) in [7, 11) is 5.04. The molecule has 0 saturated carbocycles. The second-order valence-corrected chi connectivity index (χ2v) is 11.0. The molecule has 2 aromatic carbocycles. The Morgan fingerprint density at radius 2 is 1.53 bits per heavy atom. The first-order valence-corrected chi connectivity index (χ1v) is 14.4. The third-order valence-corrected chi connectivity index (χ3v) is 8.10. The van der Waals surface area contributed by atoms with E-state index in [0.717, 1.165) is 43.8 Å². The molecule has 3 heterocycles. The maximum atomic E-state index is 14.7. The number of primary amides is 1. The highest BCUT2D eigenvalue weighted by Gasteiger charge is 2.42. The summed E-state index contributed by atoms with van der Waals surface area (Å²) < 4.78 is 67.3. The first-order chi connectivity index (χ1) is 21.4. The highest BCUT2D eigenvalue weighted by Crippen LogP contribution is 2.41. The summed E-state index contributed by atoms with van der Waals surface area (Å²) in [6.45, 7) is 0.903. The van der Waals surface area contributed by atoms with Gasteiger partial charge in [0.15, 0.2) is 0 Å². The van der Waals surface area contributed by atoms with Crippen LogP contribution in [0.3, 0.4) is 0 Å². The number of nitrogens with zero attached hydrogens (tertiary/aromatic N) is 3. The van der Waals surface area contributed by atoms with Crippen LogP contribution in [0.1, 0.15) is 59.6 Å². The number of benzene rings is 2. The van der Waals surface area contributed by atoms with E-state index in [1.54, 1.807) is 25.0 Å². The fourth-order valence-corrected chi connectivity index (χ4v) is 5.64. The maximum Gasteiger partial charge on any atom is 0.387 e. The molecule has 0 bridgehead atoms. The van der Waals surface area contributed by atoms with Crippen LogP contribution in [0.4, 0.5) is 23.4 Å². The molecule has 5 rings (SSSR count). The summed E-state index contributed by atoms with van der Waals surface area (Å²) in [5.41, 5.74) is 5.99. The largest absolute Gasteiger partial charge is 0.497 e. The molecule has 2 unspecified atom stereocenters. The number of alkyl halides is 2. The van der Waals surface area contributed by atoms with Gasteiger partial charge in [-0.05, 0) is 64.2 Å². The van der Waals surface area contributed by atoms with Crippen molar-refractivity contribution in [3.8, 4) is 17.2 Å². The Morgan fingerprint density at radius 1 is 0.956 bits per heavy atom. The van der Waals surface area contributed by atoms with E-state index in [-0.39, 0.29) is 40.9 Å². The molecule has 2 saturated heterocycles. The van der Waals surface area contributed by atoms with Crippen molar-refractivity contribution in [1.82, 2.24) is 9.88 Å². The van der Waals surface area contributed by atoms with Gasteiger partial charge in [0.2, 0.25) is 11.8 Å². The van der Waals surface area contributed by atoms with E-state index in [4.69, 9.17) is 20.2 Å². The van der Waals surface area contributed by atoms with Gasteiger partial charge < -0.3 is 24.8 Å². The number of pyridine rings is 1. The summed E-state index contributed by atoms with van der Waals surface area (Å²) in [5, 5.41) is 0. The predicted octanol–water partition coefficient (Wildman–Crippen LogP) is 5.48. The summed E-state index contributed by atoms with van der Waals surface area (Å²) in [5.74, 6) is -1.40.